The minimum atomic E-state index is -0.909. The molecule has 1 atom stereocenters. The average molecular weight is 223 g/mol. The normalized spacial score (nSPS) is 25.3. The first-order valence-electron chi connectivity index (χ1n) is 4.70. The molecule has 0 radical (unpaired) electrons. The lowest BCUT2D eigenvalue weighted by molar-refractivity contribution is -0.118. The smallest absolute Gasteiger partial charge is 0.164 e. The molecule has 0 N–H and O–H groups in total. The Morgan fingerprint density at radius 2 is 1.92 bits per heavy atom. The maximum atomic E-state index is 11.4. The van der Waals surface area contributed by atoms with E-state index in [1.165, 1.54) is 12.8 Å². The molecule has 4 heteroatoms. The van der Waals surface area contributed by atoms with E-state index in [2.05, 4.69) is 5.32 Å². The third-order valence-corrected chi connectivity index (χ3v) is 2.71. The highest BCUT2D eigenvalue weighted by molar-refractivity contribution is 6.54. The van der Waals surface area contributed by atoms with E-state index in [1.54, 1.807) is 0 Å². The van der Waals surface area contributed by atoms with Gasteiger partial charge in [0.2, 0.25) is 0 Å². The van der Waals surface area contributed by atoms with Crippen LogP contribution in [0.15, 0.2) is 0 Å². The van der Waals surface area contributed by atoms with Crippen LogP contribution in [-0.2, 0) is 4.79 Å². The van der Waals surface area contributed by atoms with Gasteiger partial charge in [0.15, 0.2) is 4.84 Å². The molecule has 0 bridgehead atoms. The summed E-state index contributed by atoms with van der Waals surface area (Å²) in [6, 6.07) is -0.250. The topological polar surface area (TPSA) is 31.2 Å². The molecule has 1 unspecified atom stereocenters. The van der Waals surface area contributed by atoms with Crippen LogP contribution in [0.5, 0.6) is 0 Å². The van der Waals surface area contributed by atoms with Crippen LogP contribution in [0.4, 0.5) is 0 Å². The summed E-state index contributed by atoms with van der Waals surface area (Å²) in [5.74, 6) is -0.134. The summed E-state index contributed by atoms with van der Waals surface area (Å²) in [6.45, 7) is 0.775. The van der Waals surface area contributed by atoms with Gasteiger partial charge in [-0.2, -0.15) is 0 Å². The van der Waals surface area contributed by atoms with Crippen LogP contribution >= 0.6 is 23.2 Å². The number of carbonyl (C=O) groups is 1. The lowest BCUT2D eigenvalue weighted by Crippen LogP contribution is -2.26. The summed E-state index contributed by atoms with van der Waals surface area (Å²) in [5, 5.41) is 4.29. The summed E-state index contributed by atoms with van der Waals surface area (Å²) >= 11 is 11.0. The molecule has 0 amide bonds. The number of alkyl halides is 2. The van der Waals surface area contributed by atoms with Gasteiger partial charge in [0.1, 0.15) is 5.78 Å². The Morgan fingerprint density at radius 3 is 2.62 bits per heavy atom. The first-order chi connectivity index (χ1) is 6.22. The Labute approximate surface area is 89.0 Å². The van der Waals surface area contributed by atoms with Gasteiger partial charge in [0.05, 0.1) is 0 Å². The monoisotopic (exact) mass is 222 g/mol. The van der Waals surface area contributed by atoms with Crippen LogP contribution < -0.4 is 0 Å². The summed E-state index contributed by atoms with van der Waals surface area (Å²) in [4.78, 5) is 10.5. The van der Waals surface area contributed by atoms with E-state index in [1.807, 2.05) is 0 Å². The molecule has 1 saturated heterocycles. The molecule has 76 valence electrons. The van der Waals surface area contributed by atoms with Gasteiger partial charge in [0.25, 0.3) is 0 Å². The molecule has 0 saturated carbocycles. The molecular weight excluding hydrogens is 209 g/mol. The van der Waals surface area contributed by atoms with Crippen LogP contribution in [-0.4, -0.2) is 23.2 Å². The minimum absolute atomic E-state index is 0.134. The van der Waals surface area contributed by atoms with Gasteiger partial charge in [0, 0.05) is 0 Å². The first-order valence-corrected chi connectivity index (χ1v) is 5.57. The van der Waals surface area contributed by atoms with E-state index in [-0.39, 0.29) is 11.8 Å². The van der Waals surface area contributed by atoms with Gasteiger partial charge in [-0.05, 0) is 0 Å². The Balaban J connectivity index is 2.41. The van der Waals surface area contributed by atoms with Gasteiger partial charge in [-0.15, -0.1) is 6.54 Å². The molecule has 2 nitrogen and oxygen atoms in total. The molecule has 1 aliphatic heterocycles. The number of carbonyl (C=O) groups excluding carboxylic acids is 1. The third-order valence-electron chi connectivity index (χ3n) is 2.28. The second-order valence-electron chi connectivity index (χ2n) is 3.33. The number of halogens is 2. The van der Waals surface area contributed by atoms with E-state index < -0.39 is 4.84 Å². The molecule has 1 aliphatic rings. The fraction of sp³-hybridized carbons (Fsp3) is 0.889. The van der Waals surface area contributed by atoms with Crippen molar-refractivity contribution >= 4 is 29.0 Å². The number of ketones is 1. The molecule has 13 heavy (non-hydrogen) atoms. The fourth-order valence-electron chi connectivity index (χ4n) is 1.52. The molecule has 0 aromatic carbocycles. The van der Waals surface area contributed by atoms with Crippen molar-refractivity contribution in [2.75, 3.05) is 6.54 Å². The molecule has 0 aromatic heterocycles. The molecule has 0 spiro atoms. The zero-order valence-corrected chi connectivity index (χ0v) is 9.02. The Hall–Kier alpha value is 0.210. The Bertz CT molecular complexity index is 165. The van der Waals surface area contributed by atoms with Crippen molar-refractivity contribution in [2.24, 2.45) is 0 Å². The second-order valence-corrected chi connectivity index (χ2v) is 4.42. The molecule has 0 aliphatic carbocycles. The summed E-state index contributed by atoms with van der Waals surface area (Å²) in [7, 11) is 0. The molecule has 1 fully saturated rings. The minimum Gasteiger partial charge on any atom is -0.653 e. The quantitative estimate of drug-likeness (QED) is 0.662. The van der Waals surface area contributed by atoms with Crippen molar-refractivity contribution in [3.63, 3.8) is 0 Å². The summed E-state index contributed by atoms with van der Waals surface area (Å²) in [6.07, 6.45) is 5.36. The van der Waals surface area contributed by atoms with Crippen molar-refractivity contribution < 1.29 is 4.79 Å². The highest BCUT2D eigenvalue weighted by Gasteiger charge is 2.16. The van der Waals surface area contributed by atoms with Gasteiger partial charge in [-0.3, -0.25) is 4.79 Å². The van der Waals surface area contributed by atoms with Crippen molar-refractivity contribution in [1.29, 1.82) is 0 Å². The van der Waals surface area contributed by atoms with E-state index >= 15 is 0 Å². The third kappa shape index (κ3) is 3.84. The van der Waals surface area contributed by atoms with Crippen LogP contribution in [0.3, 0.4) is 0 Å². The van der Waals surface area contributed by atoms with E-state index in [0.717, 1.165) is 25.8 Å². The van der Waals surface area contributed by atoms with Crippen molar-refractivity contribution in [3.05, 3.63) is 5.32 Å². The molecule has 1 rings (SSSR count). The van der Waals surface area contributed by atoms with Crippen LogP contribution in [0.25, 0.3) is 5.32 Å². The number of hydrogen-bond acceptors (Lipinski definition) is 1. The van der Waals surface area contributed by atoms with E-state index in [9.17, 15) is 4.79 Å². The van der Waals surface area contributed by atoms with Gasteiger partial charge >= 0.3 is 0 Å². The SMILES string of the molecule is O=C(C(Cl)Cl)C1CCCCCC[N-]1. The maximum absolute atomic E-state index is 11.4. The van der Waals surface area contributed by atoms with E-state index in [0.29, 0.717) is 0 Å². The summed E-state index contributed by atoms with van der Waals surface area (Å²) < 4.78 is 0. The first kappa shape index (κ1) is 11.3. The average Bonchev–Trinajstić information content (AvgIpc) is 2.02. The number of rotatable bonds is 2. The number of hydrogen-bond donors (Lipinski definition) is 0. The highest BCUT2D eigenvalue weighted by Crippen LogP contribution is 2.21. The van der Waals surface area contributed by atoms with Crippen LogP contribution in [0.1, 0.15) is 32.1 Å². The van der Waals surface area contributed by atoms with E-state index in [4.69, 9.17) is 23.2 Å². The Morgan fingerprint density at radius 1 is 1.23 bits per heavy atom. The number of nitrogens with zero attached hydrogens (tertiary/aromatic N) is 1. The fourth-order valence-corrected chi connectivity index (χ4v) is 1.81. The van der Waals surface area contributed by atoms with Gasteiger partial charge in [-0.1, -0.05) is 61.3 Å². The molecule has 1 heterocycles. The lowest BCUT2D eigenvalue weighted by atomic mass is 10.0. The highest BCUT2D eigenvalue weighted by atomic mass is 35.5. The van der Waals surface area contributed by atoms with Crippen molar-refractivity contribution in [3.8, 4) is 0 Å². The predicted molar refractivity (Wildman–Crippen MR) is 55.6 cm³/mol. The summed E-state index contributed by atoms with van der Waals surface area (Å²) in [5.41, 5.74) is 0. The standard InChI is InChI=1S/C9H14Cl2NO/c10-9(11)8(13)7-5-3-1-2-4-6-12-7/h7,9H,1-6H2/q-1. The van der Waals surface area contributed by atoms with Crippen LogP contribution in [0.2, 0.25) is 0 Å². The van der Waals surface area contributed by atoms with Crippen LogP contribution in [0, 0.1) is 0 Å². The van der Waals surface area contributed by atoms with Crippen molar-refractivity contribution in [1.82, 2.24) is 0 Å². The number of Topliss-reactive ketones (excluding diaryl/α,β-unsaturated/α-hetero) is 1. The molecule has 0 aromatic rings. The zero-order chi connectivity index (χ0) is 9.68. The van der Waals surface area contributed by atoms with Crippen molar-refractivity contribution in [2.45, 2.75) is 43.0 Å². The van der Waals surface area contributed by atoms with Gasteiger partial charge in [-0.25, -0.2) is 0 Å². The Kier molecular flexibility index (Phi) is 5.07. The van der Waals surface area contributed by atoms with Gasteiger partial charge < -0.3 is 5.32 Å². The zero-order valence-electron chi connectivity index (χ0n) is 7.51. The largest absolute Gasteiger partial charge is 0.653 e. The molecular formula is C9H14Cl2NO-. The second kappa shape index (κ2) is 5.84. The lowest BCUT2D eigenvalue weighted by Gasteiger charge is -2.32. The predicted octanol–water partition coefficient (Wildman–Crippen LogP) is 3.07. The maximum Gasteiger partial charge on any atom is 0.164 e.